The van der Waals surface area contributed by atoms with Crippen LogP contribution in [0.15, 0.2) is 4.52 Å². The monoisotopic (exact) mass is 280 g/mol. The normalized spacial score (nSPS) is 16.9. The van der Waals surface area contributed by atoms with Gasteiger partial charge in [0, 0.05) is 19.4 Å². The topological polar surface area (TPSA) is 54.2 Å². The fourth-order valence-corrected chi connectivity index (χ4v) is 2.79. The van der Waals surface area contributed by atoms with Gasteiger partial charge in [-0.2, -0.15) is 4.98 Å². The third-order valence-electron chi connectivity index (χ3n) is 4.28. The fraction of sp³-hybridized carbons (Fsp3) is 0.867. The van der Waals surface area contributed by atoms with E-state index in [9.17, 15) is 0 Å². The maximum absolute atomic E-state index is 5.36. The summed E-state index contributed by atoms with van der Waals surface area (Å²) < 4.78 is 5.36. The van der Waals surface area contributed by atoms with Gasteiger partial charge in [-0.1, -0.05) is 19.0 Å². The first-order chi connectivity index (χ1) is 9.81. The fourth-order valence-electron chi connectivity index (χ4n) is 2.79. The smallest absolute Gasteiger partial charge is 0.226 e. The number of likely N-dealkylation sites (N-methyl/N-ethyl adjacent to an activating group) is 1. The molecule has 0 saturated carbocycles. The van der Waals surface area contributed by atoms with E-state index in [1.807, 2.05) is 0 Å². The van der Waals surface area contributed by atoms with E-state index in [-0.39, 0.29) is 0 Å². The molecule has 20 heavy (non-hydrogen) atoms. The molecule has 2 heterocycles. The van der Waals surface area contributed by atoms with Gasteiger partial charge in [-0.3, -0.25) is 0 Å². The molecule has 5 heteroatoms. The highest BCUT2D eigenvalue weighted by atomic mass is 16.5. The van der Waals surface area contributed by atoms with E-state index in [2.05, 4.69) is 34.2 Å². The summed E-state index contributed by atoms with van der Waals surface area (Å²) >= 11 is 0. The molecule has 0 amide bonds. The van der Waals surface area contributed by atoms with Crippen LogP contribution >= 0.6 is 0 Å². The van der Waals surface area contributed by atoms with Crippen LogP contribution in [0.2, 0.25) is 0 Å². The summed E-state index contributed by atoms with van der Waals surface area (Å²) in [5.74, 6) is 2.50. The number of nitrogens with one attached hydrogen (secondary N) is 1. The predicted octanol–water partition coefficient (Wildman–Crippen LogP) is 1.89. The third-order valence-corrected chi connectivity index (χ3v) is 4.28. The summed E-state index contributed by atoms with van der Waals surface area (Å²) in [6.45, 7) is 9.86. The van der Waals surface area contributed by atoms with Crippen LogP contribution in [0.3, 0.4) is 0 Å². The summed E-state index contributed by atoms with van der Waals surface area (Å²) in [4.78, 5) is 6.90. The molecule has 1 aromatic heterocycles. The van der Waals surface area contributed by atoms with Crippen molar-refractivity contribution in [3.63, 3.8) is 0 Å². The molecule has 0 radical (unpaired) electrons. The summed E-state index contributed by atoms with van der Waals surface area (Å²) in [6.07, 6.45) is 5.56. The van der Waals surface area contributed by atoms with E-state index in [4.69, 9.17) is 4.52 Å². The average Bonchev–Trinajstić information content (AvgIpc) is 2.95. The second-order valence-electron chi connectivity index (χ2n) is 5.61. The minimum atomic E-state index is 0.818. The van der Waals surface area contributed by atoms with Gasteiger partial charge in [0.15, 0.2) is 5.82 Å². The van der Waals surface area contributed by atoms with E-state index in [1.165, 1.54) is 19.3 Å². The molecule has 1 N–H and O–H groups in total. The van der Waals surface area contributed by atoms with E-state index in [0.29, 0.717) is 0 Å². The molecule has 114 valence electrons. The SMILES string of the molecule is CCN(CC)CCc1noc(CCC2CCNCC2)n1. The molecule has 0 atom stereocenters. The van der Waals surface area contributed by atoms with Crippen LogP contribution in [0.5, 0.6) is 0 Å². The Hall–Kier alpha value is -0.940. The Balaban J connectivity index is 1.71. The Morgan fingerprint density at radius 3 is 2.65 bits per heavy atom. The lowest BCUT2D eigenvalue weighted by molar-refractivity contribution is 0.301. The lowest BCUT2D eigenvalue weighted by Gasteiger charge is -2.21. The van der Waals surface area contributed by atoms with Crippen LogP contribution < -0.4 is 5.32 Å². The molecule has 5 nitrogen and oxygen atoms in total. The summed E-state index contributed by atoms with van der Waals surface area (Å²) in [5.41, 5.74) is 0. The van der Waals surface area contributed by atoms with Crippen molar-refractivity contribution in [1.82, 2.24) is 20.4 Å². The largest absolute Gasteiger partial charge is 0.339 e. The first kappa shape index (κ1) is 15.4. The minimum absolute atomic E-state index is 0.818. The highest BCUT2D eigenvalue weighted by molar-refractivity contribution is 4.88. The highest BCUT2D eigenvalue weighted by Crippen LogP contribution is 2.18. The molecule has 2 rings (SSSR count). The zero-order valence-corrected chi connectivity index (χ0v) is 12.9. The van der Waals surface area contributed by atoms with Crippen molar-refractivity contribution in [1.29, 1.82) is 0 Å². The van der Waals surface area contributed by atoms with Crippen molar-refractivity contribution in [3.8, 4) is 0 Å². The quantitative estimate of drug-likeness (QED) is 0.788. The van der Waals surface area contributed by atoms with Crippen LogP contribution in [0.25, 0.3) is 0 Å². The molecule has 0 unspecified atom stereocenters. The van der Waals surface area contributed by atoms with Crippen LogP contribution in [0, 0.1) is 5.92 Å². The Morgan fingerprint density at radius 1 is 1.20 bits per heavy atom. The first-order valence-corrected chi connectivity index (χ1v) is 8.06. The number of hydrogen-bond donors (Lipinski definition) is 1. The molecule has 0 spiro atoms. The van der Waals surface area contributed by atoms with Gasteiger partial charge in [-0.15, -0.1) is 0 Å². The number of rotatable bonds is 8. The number of nitrogens with zero attached hydrogens (tertiary/aromatic N) is 3. The number of aromatic nitrogens is 2. The second-order valence-corrected chi connectivity index (χ2v) is 5.61. The maximum Gasteiger partial charge on any atom is 0.226 e. The van der Waals surface area contributed by atoms with Gasteiger partial charge >= 0.3 is 0 Å². The molecule has 1 saturated heterocycles. The predicted molar refractivity (Wildman–Crippen MR) is 79.7 cm³/mol. The van der Waals surface area contributed by atoms with Gasteiger partial charge in [0.25, 0.3) is 0 Å². The zero-order valence-electron chi connectivity index (χ0n) is 12.9. The molecule has 0 bridgehead atoms. The molecule has 0 aromatic carbocycles. The maximum atomic E-state index is 5.36. The molecule has 1 fully saturated rings. The van der Waals surface area contributed by atoms with Crippen molar-refractivity contribution in [2.45, 2.75) is 46.0 Å². The van der Waals surface area contributed by atoms with E-state index < -0.39 is 0 Å². The molecule has 1 aromatic rings. The number of piperidine rings is 1. The van der Waals surface area contributed by atoms with Crippen molar-refractivity contribution < 1.29 is 4.52 Å². The standard InChI is InChI=1S/C15H28N4O/c1-3-19(4-2)12-9-14-17-15(20-18-14)6-5-13-7-10-16-11-8-13/h13,16H,3-12H2,1-2H3. The van der Waals surface area contributed by atoms with E-state index in [1.54, 1.807) is 0 Å². The zero-order chi connectivity index (χ0) is 14.2. The third kappa shape index (κ3) is 4.87. The number of aryl methyl sites for hydroxylation is 1. The average molecular weight is 280 g/mol. The lowest BCUT2D eigenvalue weighted by Crippen LogP contribution is -2.27. The molecule has 1 aliphatic rings. The Morgan fingerprint density at radius 2 is 1.95 bits per heavy atom. The molecular weight excluding hydrogens is 252 g/mol. The van der Waals surface area contributed by atoms with Crippen LogP contribution in [-0.4, -0.2) is 47.8 Å². The van der Waals surface area contributed by atoms with E-state index in [0.717, 1.165) is 63.2 Å². The first-order valence-electron chi connectivity index (χ1n) is 8.06. The summed E-state index contributed by atoms with van der Waals surface area (Å²) in [5, 5.41) is 7.49. The van der Waals surface area contributed by atoms with Crippen molar-refractivity contribution in [2.75, 3.05) is 32.7 Å². The Bertz CT molecular complexity index is 370. The van der Waals surface area contributed by atoms with Crippen molar-refractivity contribution in [3.05, 3.63) is 11.7 Å². The van der Waals surface area contributed by atoms with Crippen LogP contribution in [0.4, 0.5) is 0 Å². The van der Waals surface area contributed by atoms with Crippen LogP contribution in [-0.2, 0) is 12.8 Å². The molecule has 1 aliphatic heterocycles. The summed E-state index contributed by atoms with van der Waals surface area (Å²) in [6, 6.07) is 0. The summed E-state index contributed by atoms with van der Waals surface area (Å²) in [7, 11) is 0. The van der Waals surface area contributed by atoms with Gasteiger partial charge in [0.05, 0.1) is 0 Å². The minimum Gasteiger partial charge on any atom is -0.339 e. The van der Waals surface area contributed by atoms with E-state index >= 15 is 0 Å². The van der Waals surface area contributed by atoms with Crippen molar-refractivity contribution in [2.24, 2.45) is 5.92 Å². The van der Waals surface area contributed by atoms with Crippen molar-refractivity contribution >= 4 is 0 Å². The highest BCUT2D eigenvalue weighted by Gasteiger charge is 2.15. The second kappa shape index (κ2) is 8.37. The lowest BCUT2D eigenvalue weighted by atomic mass is 9.93. The van der Waals surface area contributed by atoms with Gasteiger partial charge in [0.2, 0.25) is 5.89 Å². The van der Waals surface area contributed by atoms with Gasteiger partial charge in [0.1, 0.15) is 0 Å². The molecular formula is C15H28N4O. The Kier molecular flexibility index (Phi) is 6.47. The molecule has 0 aliphatic carbocycles. The Labute approximate surface area is 122 Å². The number of hydrogen-bond acceptors (Lipinski definition) is 5. The van der Waals surface area contributed by atoms with Crippen LogP contribution in [0.1, 0.15) is 44.8 Å². The van der Waals surface area contributed by atoms with Gasteiger partial charge < -0.3 is 14.7 Å². The van der Waals surface area contributed by atoms with Gasteiger partial charge in [-0.05, 0) is 51.4 Å². The van der Waals surface area contributed by atoms with Gasteiger partial charge in [-0.25, -0.2) is 0 Å².